The van der Waals surface area contributed by atoms with Gasteiger partial charge in [0.1, 0.15) is 17.8 Å². The first-order valence-corrected chi connectivity index (χ1v) is 8.83. The number of benzene rings is 2. The van der Waals surface area contributed by atoms with Crippen LogP contribution in [0, 0.1) is 17.0 Å². The number of hydrogen-bond acceptors (Lipinski definition) is 8. The number of aromatic nitrogens is 2. The second kappa shape index (κ2) is 8.61. The number of hydrogen-bond donors (Lipinski definition) is 2. The van der Waals surface area contributed by atoms with Crippen LogP contribution < -0.4 is 20.1 Å². The third kappa shape index (κ3) is 4.30. The van der Waals surface area contributed by atoms with Crippen molar-refractivity contribution in [1.82, 2.24) is 9.97 Å². The molecule has 0 spiro atoms. The molecule has 2 aromatic carbocycles. The third-order valence-electron chi connectivity index (χ3n) is 4.19. The molecule has 0 aliphatic heterocycles. The van der Waals surface area contributed by atoms with Crippen LogP contribution in [0.4, 0.5) is 28.7 Å². The Morgan fingerprint density at radius 2 is 1.72 bits per heavy atom. The van der Waals surface area contributed by atoms with Crippen LogP contribution >= 0.6 is 11.6 Å². The van der Waals surface area contributed by atoms with Crippen LogP contribution in [-0.2, 0) is 0 Å². The monoisotopic (exact) mass is 415 g/mol. The van der Waals surface area contributed by atoms with Crippen molar-refractivity contribution in [2.45, 2.75) is 6.92 Å². The van der Waals surface area contributed by atoms with E-state index in [1.807, 2.05) is 0 Å². The Morgan fingerprint density at radius 3 is 2.34 bits per heavy atom. The lowest BCUT2D eigenvalue weighted by Crippen LogP contribution is -2.06. The second-order valence-electron chi connectivity index (χ2n) is 5.91. The van der Waals surface area contributed by atoms with Gasteiger partial charge in [-0.15, -0.1) is 0 Å². The number of nitrogens with one attached hydrogen (secondary N) is 2. The number of anilines is 4. The van der Waals surface area contributed by atoms with Crippen LogP contribution in [0.5, 0.6) is 11.5 Å². The molecule has 9 nitrogen and oxygen atoms in total. The zero-order valence-electron chi connectivity index (χ0n) is 15.9. The van der Waals surface area contributed by atoms with Crippen LogP contribution in [0.3, 0.4) is 0 Å². The molecule has 10 heteroatoms. The molecule has 0 fully saturated rings. The van der Waals surface area contributed by atoms with Crippen molar-refractivity contribution in [3.05, 3.63) is 63.4 Å². The number of ether oxygens (including phenoxy) is 2. The minimum atomic E-state index is -0.555. The first-order chi connectivity index (χ1) is 13.9. The molecule has 1 aromatic heterocycles. The molecule has 3 rings (SSSR count). The quantitative estimate of drug-likeness (QED) is 0.416. The maximum absolute atomic E-state index is 11.8. The largest absolute Gasteiger partial charge is 0.497 e. The van der Waals surface area contributed by atoms with E-state index < -0.39 is 4.92 Å². The summed E-state index contributed by atoms with van der Waals surface area (Å²) in [7, 11) is 3.02. The van der Waals surface area contributed by atoms with E-state index in [1.165, 1.54) is 20.5 Å². The predicted molar refractivity (Wildman–Crippen MR) is 111 cm³/mol. The summed E-state index contributed by atoms with van der Waals surface area (Å²) in [4.78, 5) is 19.3. The van der Waals surface area contributed by atoms with Crippen LogP contribution in [0.25, 0.3) is 0 Å². The minimum Gasteiger partial charge on any atom is -0.497 e. The van der Waals surface area contributed by atoms with Gasteiger partial charge in [0.2, 0.25) is 11.6 Å². The summed E-state index contributed by atoms with van der Waals surface area (Å²) in [6.07, 6.45) is 1.23. The molecular formula is C19H18ClN5O4. The molecular weight excluding hydrogens is 398 g/mol. The first-order valence-electron chi connectivity index (χ1n) is 8.45. The molecule has 29 heavy (non-hydrogen) atoms. The molecule has 0 unspecified atom stereocenters. The second-order valence-corrected chi connectivity index (χ2v) is 6.31. The predicted octanol–water partition coefficient (Wildman–Crippen LogP) is 4.85. The van der Waals surface area contributed by atoms with Gasteiger partial charge < -0.3 is 20.1 Å². The lowest BCUT2D eigenvalue weighted by molar-refractivity contribution is -0.383. The summed E-state index contributed by atoms with van der Waals surface area (Å²) in [5.74, 6) is 1.07. The summed E-state index contributed by atoms with van der Waals surface area (Å²) >= 11 is 6.14. The highest BCUT2D eigenvalue weighted by Gasteiger charge is 2.24. The third-order valence-corrected chi connectivity index (χ3v) is 4.60. The summed E-state index contributed by atoms with van der Waals surface area (Å²) in [5, 5.41) is 18.2. The topological polar surface area (TPSA) is 111 Å². The molecule has 3 aromatic rings. The van der Waals surface area contributed by atoms with Crippen molar-refractivity contribution in [2.24, 2.45) is 0 Å². The molecule has 0 amide bonds. The number of halogens is 1. The Morgan fingerprint density at radius 1 is 1.03 bits per heavy atom. The van der Waals surface area contributed by atoms with E-state index in [4.69, 9.17) is 21.1 Å². The van der Waals surface area contributed by atoms with Crippen LogP contribution in [0.1, 0.15) is 5.56 Å². The fourth-order valence-corrected chi connectivity index (χ4v) is 2.81. The molecule has 1 heterocycles. The van der Waals surface area contributed by atoms with E-state index in [9.17, 15) is 10.1 Å². The van der Waals surface area contributed by atoms with Gasteiger partial charge in [0, 0.05) is 16.8 Å². The number of methoxy groups -OCH3 is 2. The average Bonchev–Trinajstić information content (AvgIpc) is 2.71. The maximum atomic E-state index is 11.8. The van der Waals surface area contributed by atoms with Gasteiger partial charge in [-0.05, 0) is 36.8 Å². The molecule has 150 valence electrons. The van der Waals surface area contributed by atoms with Crippen molar-refractivity contribution in [1.29, 1.82) is 0 Å². The Kier molecular flexibility index (Phi) is 5.99. The highest BCUT2D eigenvalue weighted by atomic mass is 35.5. The van der Waals surface area contributed by atoms with Gasteiger partial charge in [-0.2, -0.15) is 0 Å². The van der Waals surface area contributed by atoms with Gasteiger partial charge in [-0.1, -0.05) is 17.7 Å². The van der Waals surface area contributed by atoms with Crippen molar-refractivity contribution in [3.63, 3.8) is 0 Å². The van der Waals surface area contributed by atoms with E-state index >= 15 is 0 Å². The van der Waals surface area contributed by atoms with E-state index in [0.29, 0.717) is 27.9 Å². The molecule has 0 aliphatic rings. The lowest BCUT2D eigenvalue weighted by Gasteiger charge is -2.14. The zero-order chi connectivity index (χ0) is 21.0. The van der Waals surface area contributed by atoms with Crippen LogP contribution in [0.15, 0.2) is 42.7 Å². The maximum Gasteiger partial charge on any atom is 0.353 e. The highest BCUT2D eigenvalue weighted by Crippen LogP contribution is 2.37. The molecule has 0 radical (unpaired) electrons. The van der Waals surface area contributed by atoms with Gasteiger partial charge >= 0.3 is 5.69 Å². The normalized spacial score (nSPS) is 10.3. The summed E-state index contributed by atoms with van der Waals surface area (Å²) in [6.45, 7) is 1.80. The fourth-order valence-electron chi connectivity index (χ4n) is 2.63. The van der Waals surface area contributed by atoms with E-state index in [1.54, 1.807) is 43.3 Å². The van der Waals surface area contributed by atoms with Crippen LogP contribution in [-0.4, -0.2) is 29.1 Å². The SMILES string of the molecule is COc1ccc(Nc2ncnc(Nc3cccc(Cl)c3C)c2[N+](=O)[O-])c(OC)c1. The molecule has 0 atom stereocenters. The van der Waals surface area contributed by atoms with Crippen molar-refractivity contribution < 1.29 is 14.4 Å². The Balaban J connectivity index is 2.02. The number of rotatable bonds is 7. The van der Waals surface area contributed by atoms with Gasteiger partial charge in [-0.25, -0.2) is 9.97 Å². The van der Waals surface area contributed by atoms with Gasteiger partial charge in [0.15, 0.2) is 0 Å². The van der Waals surface area contributed by atoms with Crippen molar-refractivity contribution in [2.75, 3.05) is 24.9 Å². The van der Waals surface area contributed by atoms with Gasteiger partial charge in [0.25, 0.3) is 0 Å². The number of nitro groups is 1. The lowest BCUT2D eigenvalue weighted by atomic mass is 10.2. The Bertz CT molecular complexity index is 1060. The Labute approximate surface area is 171 Å². The molecule has 2 N–H and O–H groups in total. The summed E-state index contributed by atoms with van der Waals surface area (Å²) in [5.41, 5.74) is 1.52. The van der Waals surface area contributed by atoms with Crippen molar-refractivity contribution >= 4 is 40.3 Å². The molecule has 0 bridgehead atoms. The average molecular weight is 416 g/mol. The zero-order valence-corrected chi connectivity index (χ0v) is 16.6. The molecule has 0 saturated carbocycles. The summed E-state index contributed by atoms with van der Waals surface area (Å²) < 4.78 is 10.5. The van der Waals surface area contributed by atoms with E-state index in [2.05, 4.69) is 20.6 Å². The Hall–Kier alpha value is -3.59. The minimum absolute atomic E-state index is 0.00986. The highest BCUT2D eigenvalue weighted by molar-refractivity contribution is 6.31. The van der Waals surface area contributed by atoms with Crippen LogP contribution in [0.2, 0.25) is 5.02 Å². The van der Waals surface area contributed by atoms with E-state index in [-0.39, 0.29) is 17.3 Å². The summed E-state index contributed by atoms with van der Waals surface area (Å²) in [6, 6.07) is 10.3. The van der Waals surface area contributed by atoms with Gasteiger partial charge in [0.05, 0.1) is 24.8 Å². The fraction of sp³-hybridized carbons (Fsp3) is 0.158. The van der Waals surface area contributed by atoms with E-state index in [0.717, 1.165) is 5.56 Å². The van der Waals surface area contributed by atoms with Gasteiger partial charge in [-0.3, -0.25) is 10.1 Å². The first kappa shape index (κ1) is 20.2. The molecule has 0 saturated heterocycles. The number of nitrogens with zero attached hydrogens (tertiary/aromatic N) is 3. The molecule has 0 aliphatic carbocycles. The smallest absolute Gasteiger partial charge is 0.353 e. The van der Waals surface area contributed by atoms with Crippen molar-refractivity contribution in [3.8, 4) is 11.5 Å². The standard InChI is InChI=1S/C19H18ClN5O4/c1-11-13(20)5-4-6-14(11)23-18-17(25(26)27)19(22-10-21-18)24-15-8-7-12(28-2)9-16(15)29-3/h4-10H,1-3H3,(H2,21,22,23,24).